The van der Waals surface area contributed by atoms with E-state index in [9.17, 15) is 9.59 Å². The van der Waals surface area contributed by atoms with Gasteiger partial charge in [-0.05, 0) is 44.2 Å². The minimum atomic E-state index is -0.176. The van der Waals surface area contributed by atoms with Crippen LogP contribution in [-0.2, 0) is 11.2 Å². The molecule has 2 aromatic heterocycles. The SMILES string of the molecule is CCN(CC)C(=O)c1cccc(NC(=O)Cc2csc(-c3ccccn3)n2)c1. The predicted molar refractivity (Wildman–Crippen MR) is 111 cm³/mol. The van der Waals surface area contributed by atoms with E-state index in [1.54, 1.807) is 35.4 Å². The number of anilines is 1. The van der Waals surface area contributed by atoms with Crippen LogP contribution in [0.25, 0.3) is 10.7 Å². The summed E-state index contributed by atoms with van der Waals surface area (Å²) in [6.07, 6.45) is 1.88. The second-order valence-corrected chi connectivity index (χ2v) is 7.00. The van der Waals surface area contributed by atoms with Crippen LogP contribution < -0.4 is 5.32 Å². The summed E-state index contributed by atoms with van der Waals surface area (Å²) in [6, 6.07) is 12.7. The molecule has 0 unspecified atom stereocenters. The Morgan fingerprint density at radius 2 is 1.93 bits per heavy atom. The largest absolute Gasteiger partial charge is 0.339 e. The molecule has 144 valence electrons. The van der Waals surface area contributed by atoms with Gasteiger partial charge < -0.3 is 10.2 Å². The molecule has 0 spiro atoms. The molecule has 0 atom stereocenters. The smallest absolute Gasteiger partial charge is 0.253 e. The molecule has 0 saturated heterocycles. The van der Waals surface area contributed by atoms with Crippen molar-refractivity contribution >= 4 is 28.8 Å². The zero-order valence-corrected chi connectivity index (χ0v) is 16.7. The van der Waals surface area contributed by atoms with Crippen molar-refractivity contribution in [2.75, 3.05) is 18.4 Å². The zero-order chi connectivity index (χ0) is 19.9. The Morgan fingerprint density at radius 1 is 1.11 bits per heavy atom. The Kier molecular flexibility index (Phi) is 6.49. The van der Waals surface area contributed by atoms with E-state index in [0.29, 0.717) is 30.0 Å². The number of hydrogen-bond donors (Lipinski definition) is 1. The molecule has 3 rings (SSSR count). The number of benzene rings is 1. The Balaban J connectivity index is 1.65. The summed E-state index contributed by atoms with van der Waals surface area (Å²) in [5.41, 5.74) is 2.65. The third-order valence-corrected chi connectivity index (χ3v) is 5.13. The van der Waals surface area contributed by atoms with Gasteiger partial charge in [0.1, 0.15) is 5.01 Å². The molecule has 0 aliphatic heterocycles. The Hall–Kier alpha value is -3.06. The maximum absolute atomic E-state index is 12.5. The number of thiazole rings is 1. The van der Waals surface area contributed by atoms with Crippen molar-refractivity contribution in [3.63, 3.8) is 0 Å². The fraction of sp³-hybridized carbons (Fsp3) is 0.238. The third-order valence-electron chi connectivity index (χ3n) is 4.22. The van der Waals surface area contributed by atoms with Crippen molar-refractivity contribution in [1.82, 2.24) is 14.9 Å². The second kappa shape index (κ2) is 9.23. The van der Waals surface area contributed by atoms with Crippen LogP contribution in [0.5, 0.6) is 0 Å². The van der Waals surface area contributed by atoms with Gasteiger partial charge in [-0.15, -0.1) is 11.3 Å². The fourth-order valence-electron chi connectivity index (χ4n) is 2.79. The number of nitrogens with one attached hydrogen (secondary N) is 1. The maximum Gasteiger partial charge on any atom is 0.253 e. The van der Waals surface area contributed by atoms with Crippen molar-refractivity contribution in [3.8, 4) is 10.7 Å². The lowest BCUT2D eigenvalue weighted by atomic mass is 10.1. The number of rotatable bonds is 7. The maximum atomic E-state index is 12.5. The third kappa shape index (κ3) is 4.80. The van der Waals surface area contributed by atoms with Gasteiger partial charge >= 0.3 is 0 Å². The Morgan fingerprint density at radius 3 is 2.64 bits per heavy atom. The zero-order valence-electron chi connectivity index (χ0n) is 15.9. The first-order valence-electron chi connectivity index (χ1n) is 9.15. The molecule has 2 heterocycles. The summed E-state index contributed by atoms with van der Waals surface area (Å²) in [5, 5.41) is 5.50. The highest BCUT2D eigenvalue weighted by Gasteiger charge is 2.14. The molecule has 6 nitrogen and oxygen atoms in total. The van der Waals surface area contributed by atoms with Crippen molar-refractivity contribution in [2.45, 2.75) is 20.3 Å². The number of hydrogen-bond acceptors (Lipinski definition) is 5. The van der Waals surface area contributed by atoms with Crippen LogP contribution in [0.3, 0.4) is 0 Å². The van der Waals surface area contributed by atoms with Crippen molar-refractivity contribution in [3.05, 3.63) is 65.3 Å². The molecule has 1 N–H and O–H groups in total. The summed E-state index contributed by atoms with van der Waals surface area (Å²) in [4.78, 5) is 35.4. The molecule has 0 radical (unpaired) electrons. The molecule has 28 heavy (non-hydrogen) atoms. The lowest BCUT2D eigenvalue weighted by Crippen LogP contribution is -2.30. The van der Waals surface area contributed by atoms with Gasteiger partial charge in [0, 0.05) is 35.9 Å². The van der Waals surface area contributed by atoms with Gasteiger partial charge in [0.15, 0.2) is 0 Å². The minimum Gasteiger partial charge on any atom is -0.339 e. The lowest BCUT2D eigenvalue weighted by Gasteiger charge is -2.19. The summed E-state index contributed by atoms with van der Waals surface area (Å²) >= 11 is 1.46. The molecule has 0 saturated carbocycles. The molecule has 2 amide bonds. The standard InChI is InChI=1S/C21H22N4O2S/c1-3-25(4-2)21(27)15-8-7-9-16(12-15)23-19(26)13-17-14-28-20(24-17)18-10-5-6-11-22-18/h5-12,14H,3-4,13H2,1-2H3,(H,23,26). The van der Waals surface area contributed by atoms with Crippen LogP contribution in [-0.4, -0.2) is 39.8 Å². The normalized spacial score (nSPS) is 10.5. The van der Waals surface area contributed by atoms with Crippen LogP contribution in [0, 0.1) is 0 Å². The summed E-state index contributed by atoms with van der Waals surface area (Å²) in [5.74, 6) is -0.217. The van der Waals surface area contributed by atoms with E-state index < -0.39 is 0 Å². The molecule has 3 aromatic rings. The van der Waals surface area contributed by atoms with Crippen molar-refractivity contribution in [2.24, 2.45) is 0 Å². The van der Waals surface area contributed by atoms with Gasteiger partial charge in [0.25, 0.3) is 5.91 Å². The lowest BCUT2D eigenvalue weighted by molar-refractivity contribution is -0.115. The van der Waals surface area contributed by atoms with Gasteiger partial charge in [-0.1, -0.05) is 12.1 Å². The van der Waals surface area contributed by atoms with E-state index in [-0.39, 0.29) is 18.2 Å². The number of aromatic nitrogens is 2. The number of carbonyl (C=O) groups is 2. The summed E-state index contributed by atoms with van der Waals surface area (Å²) < 4.78 is 0. The van der Waals surface area contributed by atoms with E-state index in [1.807, 2.05) is 37.4 Å². The number of amides is 2. The molecular formula is C21H22N4O2S. The van der Waals surface area contributed by atoms with E-state index >= 15 is 0 Å². The van der Waals surface area contributed by atoms with Crippen LogP contribution in [0.2, 0.25) is 0 Å². The molecule has 0 aliphatic rings. The first kappa shape index (κ1) is 19.7. The first-order valence-corrected chi connectivity index (χ1v) is 10.0. The van der Waals surface area contributed by atoms with Crippen LogP contribution >= 0.6 is 11.3 Å². The molecular weight excluding hydrogens is 372 g/mol. The molecule has 0 aliphatic carbocycles. The molecule has 0 bridgehead atoms. The van der Waals surface area contributed by atoms with Crippen molar-refractivity contribution < 1.29 is 9.59 Å². The van der Waals surface area contributed by atoms with E-state index in [2.05, 4.69) is 15.3 Å². The van der Waals surface area contributed by atoms with E-state index in [1.165, 1.54) is 11.3 Å². The topological polar surface area (TPSA) is 75.2 Å². The summed E-state index contributed by atoms with van der Waals surface area (Å²) in [6.45, 7) is 5.18. The van der Waals surface area contributed by atoms with Crippen LogP contribution in [0.1, 0.15) is 29.9 Å². The Labute approximate surface area is 168 Å². The van der Waals surface area contributed by atoms with Crippen LogP contribution in [0.4, 0.5) is 5.69 Å². The highest BCUT2D eigenvalue weighted by molar-refractivity contribution is 7.13. The second-order valence-electron chi connectivity index (χ2n) is 6.14. The van der Waals surface area contributed by atoms with Gasteiger partial charge in [0.05, 0.1) is 17.8 Å². The average Bonchev–Trinajstić information content (AvgIpc) is 3.18. The summed E-state index contributed by atoms with van der Waals surface area (Å²) in [7, 11) is 0. The first-order chi connectivity index (χ1) is 13.6. The van der Waals surface area contributed by atoms with Gasteiger partial charge in [-0.2, -0.15) is 0 Å². The number of carbonyl (C=O) groups excluding carboxylic acids is 2. The monoisotopic (exact) mass is 394 g/mol. The predicted octanol–water partition coefficient (Wildman–Crippen LogP) is 3.87. The van der Waals surface area contributed by atoms with E-state index in [4.69, 9.17) is 0 Å². The highest BCUT2D eigenvalue weighted by atomic mass is 32.1. The minimum absolute atomic E-state index is 0.0411. The van der Waals surface area contributed by atoms with Crippen LogP contribution in [0.15, 0.2) is 54.0 Å². The van der Waals surface area contributed by atoms with E-state index in [0.717, 1.165) is 10.7 Å². The average molecular weight is 395 g/mol. The quantitative estimate of drug-likeness (QED) is 0.660. The van der Waals surface area contributed by atoms with Gasteiger partial charge in [0.2, 0.25) is 5.91 Å². The molecule has 7 heteroatoms. The molecule has 0 fully saturated rings. The van der Waals surface area contributed by atoms with Gasteiger partial charge in [-0.25, -0.2) is 4.98 Å². The molecule has 1 aromatic carbocycles. The number of nitrogens with zero attached hydrogens (tertiary/aromatic N) is 3. The highest BCUT2D eigenvalue weighted by Crippen LogP contribution is 2.22. The number of pyridine rings is 1. The fourth-order valence-corrected chi connectivity index (χ4v) is 3.58. The Bertz CT molecular complexity index is 952. The van der Waals surface area contributed by atoms with Gasteiger partial charge in [-0.3, -0.25) is 14.6 Å². The van der Waals surface area contributed by atoms with Crippen molar-refractivity contribution in [1.29, 1.82) is 0 Å².